The van der Waals surface area contributed by atoms with Gasteiger partial charge in [0.1, 0.15) is 5.82 Å². The first-order valence-corrected chi connectivity index (χ1v) is 7.83. The number of aromatic amines is 1. The highest BCUT2D eigenvalue weighted by molar-refractivity contribution is 9.10. The minimum Gasteiger partial charge on any atom is -0.481 e. The molecule has 0 unspecified atom stereocenters. The molecule has 0 aliphatic carbocycles. The van der Waals surface area contributed by atoms with E-state index in [1.165, 1.54) is 25.4 Å². The Bertz CT molecular complexity index is 748. The van der Waals surface area contributed by atoms with Crippen LogP contribution in [-0.2, 0) is 10.3 Å². The van der Waals surface area contributed by atoms with E-state index in [2.05, 4.69) is 36.8 Å². The monoisotopic (exact) mass is 418 g/mol. The first-order valence-electron chi connectivity index (χ1n) is 6.66. The first-order chi connectivity index (χ1) is 11.2. The standard InChI is InChI=1S/C14H13BrClFN4O3/c1-14(4-11(22)23,7-5-18-19-6-7)21-13(24)20-12-9(16)2-8(15)3-10(12)17/h2-3,5-6H,4H2,1H3,(H,18,19)(H,22,23)(H2,20,21,24)/t14-/m0/s1. The molecular formula is C14H13BrClFN4O3. The Labute approximate surface area is 149 Å². The number of amides is 2. The lowest BCUT2D eigenvalue weighted by atomic mass is 9.91. The maximum absolute atomic E-state index is 13.9. The molecule has 2 aromatic rings. The zero-order valence-electron chi connectivity index (χ0n) is 12.4. The van der Waals surface area contributed by atoms with Crippen molar-refractivity contribution in [1.82, 2.24) is 15.5 Å². The summed E-state index contributed by atoms with van der Waals surface area (Å²) >= 11 is 9.00. The van der Waals surface area contributed by atoms with Gasteiger partial charge in [0.05, 0.1) is 28.9 Å². The lowest BCUT2D eigenvalue weighted by Crippen LogP contribution is -2.46. The molecule has 4 N–H and O–H groups in total. The van der Waals surface area contributed by atoms with Gasteiger partial charge in [0, 0.05) is 16.2 Å². The fraction of sp³-hybridized carbons (Fsp3) is 0.214. The van der Waals surface area contributed by atoms with Gasteiger partial charge < -0.3 is 15.7 Å². The number of carbonyl (C=O) groups is 2. The largest absolute Gasteiger partial charge is 0.481 e. The van der Waals surface area contributed by atoms with Crippen LogP contribution in [0.15, 0.2) is 29.0 Å². The molecule has 1 aromatic heterocycles. The van der Waals surface area contributed by atoms with E-state index in [9.17, 15) is 14.0 Å². The smallest absolute Gasteiger partial charge is 0.320 e. The second-order valence-corrected chi connectivity index (χ2v) is 6.54. The SMILES string of the molecule is C[C@@](CC(=O)O)(NC(=O)Nc1c(F)cc(Br)cc1Cl)c1cn[nH]c1. The molecule has 0 fully saturated rings. The summed E-state index contributed by atoms with van der Waals surface area (Å²) in [4.78, 5) is 23.3. The van der Waals surface area contributed by atoms with Crippen LogP contribution in [0.5, 0.6) is 0 Å². The van der Waals surface area contributed by atoms with Crippen LogP contribution in [-0.4, -0.2) is 27.3 Å². The van der Waals surface area contributed by atoms with E-state index < -0.39 is 29.8 Å². The van der Waals surface area contributed by atoms with E-state index in [0.29, 0.717) is 10.0 Å². The van der Waals surface area contributed by atoms with Gasteiger partial charge in [-0.05, 0) is 19.1 Å². The first kappa shape index (κ1) is 18.2. The zero-order valence-corrected chi connectivity index (χ0v) is 14.7. The van der Waals surface area contributed by atoms with Gasteiger partial charge in [0.2, 0.25) is 0 Å². The van der Waals surface area contributed by atoms with Gasteiger partial charge in [-0.3, -0.25) is 9.89 Å². The molecule has 24 heavy (non-hydrogen) atoms. The maximum Gasteiger partial charge on any atom is 0.320 e. The molecule has 2 amide bonds. The van der Waals surface area contributed by atoms with E-state index in [4.69, 9.17) is 16.7 Å². The third kappa shape index (κ3) is 4.24. The topological polar surface area (TPSA) is 107 Å². The van der Waals surface area contributed by atoms with Crippen molar-refractivity contribution in [1.29, 1.82) is 0 Å². The van der Waals surface area contributed by atoms with Crippen molar-refractivity contribution < 1.29 is 19.1 Å². The number of benzene rings is 1. The number of hydrogen-bond donors (Lipinski definition) is 4. The lowest BCUT2D eigenvalue weighted by molar-refractivity contribution is -0.138. The molecule has 1 aromatic carbocycles. The second-order valence-electron chi connectivity index (χ2n) is 5.21. The molecule has 0 radical (unpaired) electrons. The Morgan fingerprint density at radius 1 is 1.50 bits per heavy atom. The molecule has 1 heterocycles. The van der Waals surface area contributed by atoms with Crippen molar-refractivity contribution in [3.05, 3.63) is 45.4 Å². The van der Waals surface area contributed by atoms with Gasteiger partial charge in [-0.25, -0.2) is 9.18 Å². The summed E-state index contributed by atoms with van der Waals surface area (Å²) in [6.07, 6.45) is 2.48. The molecule has 0 aliphatic heterocycles. The molecule has 0 aliphatic rings. The van der Waals surface area contributed by atoms with Crippen LogP contribution in [0.1, 0.15) is 18.9 Å². The summed E-state index contributed by atoms with van der Waals surface area (Å²) in [6.45, 7) is 1.52. The number of carboxylic acids is 1. The van der Waals surface area contributed by atoms with Gasteiger partial charge in [0.15, 0.2) is 0 Å². The number of H-pyrrole nitrogens is 1. The molecule has 7 nitrogen and oxygen atoms in total. The zero-order chi connectivity index (χ0) is 17.9. The molecule has 2 rings (SSSR count). The highest BCUT2D eigenvalue weighted by Gasteiger charge is 2.32. The fourth-order valence-corrected chi connectivity index (χ4v) is 2.95. The summed E-state index contributed by atoms with van der Waals surface area (Å²) in [5.74, 6) is -1.85. The van der Waals surface area contributed by atoms with Crippen LogP contribution in [0.4, 0.5) is 14.9 Å². The summed E-state index contributed by atoms with van der Waals surface area (Å²) < 4.78 is 14.3. The maximum atomic E-state index is 13.9. The summed E-state index contributed by atoms with van der Waals surface area (Å²) in [5.41, 5.74) is -0.994. The van der Waals surface area contributed by atoms with Crippen molar-refractivity contribution in [2.75, 3.05) is 5.32 Å². The second kappa shape index (κ2) is 7.18. The number of anilines is 1. The summed E-state index contributed by atoms with van der Waals surface area (Å²) in [5, 5.41) is 20.2. The Morgan fingerprint density at radius 3 is 2.75 bits per heavy atom. The summed E-state index contributed by atoms with van der Waals surface area (Å²) in [6, 6.07) is 1.77. The van der Waals surface area contributed by atoms with Crippen molar-refractivity contribution in [2.45, 2.75) is 18.9 Å². The fourth-order valence-electron chi connectivity index (χ4n) is 2.13. The number of carboxylic acid groups (broad SMARTS) is 1. The molecule has 0 saturated carbocycles. The van der Waals surface area contributed by atoms with Crippen LogP contribution in [0.2, 0.25) is 5.02 Å². The third-order valence-electron chi connectivity index (χ3n) is 3.27. The number of nitrogens with zero attached hydrogens (tertiary/aromatic N) is 1. The Hall–Kier alpha value is -2.13. The highest BCUT2D eigenvalue weighted by atomic mass is 79.9. The quantitative estimate of drug-likeness (QED) is 0.595. The Morgan fingerprint density at radius 2 is 2.21 bits per heavy atom. The van der Waals surface area contributed by atoms with Crippen LogP contribution in [0, 0.1) is 5.82 Å². The number of urea groups is 1. The Balaban J connectivity index is 2.22. The molecule has 0 saturated heterocycles. The number of nitrogens with one attached hydrogen (secondary N) is 3. The normalized spacial score (nSPS) is 13.2. The number of carbonyl (C=O) groups excluding carboxylic acids is 1. The van der Waals surface area contributed by atoms with Gasteiger partial charge >= 0.3 is 12.0 Å². The van der Waals surface area contributed by atoms with E-state index in [0.717, 1.165) is 6.07 Å². The van der Waals surface area contributed by atoms with Gasteiger partial charge in [-0.2, -0.15) is 5.10 Å². The average Bonchev–Trinajstić information content (AvgIpc) is 2.96. The van der Waals surface area contributed by atoms with Crippen molar-refractivity contribution in [2.24, 2.45) is 0 Å². The van der Waals surface area contributed by atoms with Crippen molar-refractivity contribution in [3.8, 4) is 0 Å². The predicted octanol–water partition coefficient (Wildman–Crippen LogP) is 3.48. The molecule has 128 valence electrons. The molecular weight excluding hydrogens is 407 g/mol. The van der Waals surface area contributed by atoms with E-state index in [1.54, 1.807) is 0 Å². The Kier molecular flexibility index (Phi) is 5.45. The average molecular weight is 420 g/mol. The number of hydrogen-bond acceptors (Lipinski definition) is 3. The highest BCUT2D eigenvalue weighted by Crippen LogP contribution is 2.30. The van der Waals surface area contributed by atoms with Gasteiger partial charge in [-0.1, -0.05) is 27.5 Å². The predicted molar refractivity (Wildman–Crippen MR) is 89.5 cm³/mol. The van der Waals surface area contributed by atoms with Crippen LogP contribution in [0.25, 0.3) is 0 Å². The summed E-state index contributed by atoms with van der Waals surface area (Å²) in [7, 11) is 0. The number of halogens is 3. The van der Waals surface area contributed by atoms with Crippen molar-refractivity contribution >= 4 is 45.2 Å². The molecule has 1 atom stereocenters. The number of aliphatic carboxylic acids is 1. The van der Waals surface area contributed by atoms with Crippen LogP contribution < -0.4 is 10.6 Å². The van der Waals surface area contributed by atoms with Crippen LogP contribution >= 0.6 is 27.5 Å². The van der Waals surface area contributed by atoms with Crippen molar-refractivity contribution in [3.63, 3.8) is 0 Å². The van der Waals surface area contributed by atoms with Crippen LogP contribution in [0.3, 0.4) is 0 Å². The lowest BCUT2D eigenvalue weighted by Gasteiger charge is -2.28. The van der Waals surface area contributed by atoms with Gasteiger partial charge in [0.25, 0.3) is 0 Å². The number of aromatic nitrogens is 2. The van der Waals surface area contributed by atoms with E-state index in [1.807, 2.05) is 0 Å². The number of rotatable bonds is 5. The van der Waals surface area contributed by atoms with Gasteiger partial charge in [-0.15, -0.1) is 0 Å². The van der Waals surface area contributed by atoms with E-state index >= 15 is 0 Å². The third-order valence-corrected chi connectivity index (χ3v) is 4.03. The van der Waals surface area contributed by atoms with E-state index in [-0.39, 0.29) is 10.7 Å². The molecule has 0 spiro atoms. The molecule has 0 bridgehead atoms. The molecule has 10 heteroatoms. The minimum atomic E-state index is -1.25. The minimum absolute atomic E-state index is 0.000253.